The Morgan fingerprint density at radius 1 is 1.25 bits per heavy atom. The summed E-state index contributed by atoms with van der Waals surface area (Å²) in [5, 5.41) is 11.4. The third kappa shape index (κ3) is 6.31. The van der Waals surface area contributed by atoms with E-state index in [9.17, 15) is 9.59 Å². The van der Waals surface area contributed by atoms with Gasteiger partial charge in [-0.2, -0.15) is 0 Å². The van der Waals surface area contributed by atoms with E-state index in [1.807, 2.05) is 0 Å². The largest absolute Gasteiger partial charge is 0.426 e. The van der Waals surface area contributed by atoms with E-state index < -0.39 is 5.97 Å². The quantitative estimate of drug-likeness (QED) is 0.329. The van der Waals surface area contributed by atoms with Gasteiger partial charge < -0.3 is 15.2 Å². The van der Waals surface area contributed by atoms with Gasteiger partial charge in [-0.05, 0) is 12.1 Å². The van der Waals surface area contributed by atoms with Crippen molar-refractivity contribution in [2.75, 3.05) is 24.7 Å². The number of carbonyl (C=O) groups is 2. The highest BCUT2D eigenvalue weighted by atomic mass is 33.1. The number of amides is 1. The Kier molecular flexibility index (Phi) is 8.17. The number of nitrogens with one attached hydrogen (secondary N) is 1. The zero-order valence-corrected chi connectivity index (χ0v) is 12.8. The lowest BCUT2D eigenvalue weighted by Gasteiger charge is -2.09. The maximum atomic E-state index is 12.0. The number of carbonyl (C=O) groups excluding carboxylic acids is 2. The number of hydrogen-bond acceptors (Lipinski definition) is 6. The van der Waals surface area contributed by atoms with Crippen LogP contribution < -0.4 is 10.1 Å². The summed E-state index contributed by atoms with van der Waals surface area (Å²) in [6.07, 6.45) is 0. The fraction of sp³-hybridized carbons (Fsp3) is 0.385. The molecule has 1 aromatic carbocycles. The van der Waals surface area contributed by atoms with Crippen LogP contribution in [0.2, 0.25) is 0 Å². The molecule has 110 valence electrons. The lowest BCUT2D eigenvalue weighted by Crippen LogP contribution is -2.26. The summed E-state index contributed by atoms with van der Waals surface area (Å²) in [4.78, 5) is 22.9. The second-order valence-electron chi connectivity index (χ2n) is 3.71. The van der Waals surface area contributed by atoms with Gasteiger partial charge >= 0.3 is 5.97 Å². The maximum Gasteiger partial charge on any atom is 0.308 e. The molecule has 0 aliphatic carbocycles. The van der Waals surface area contributed by atoms with Gasteiger partial charge in [0.25, 0.3) is 5.91 Å². The summed E-state index contributed by atoms with van der Waals surface area (Å²) in [5.41, 5.74) is 0.343. The molecular weight excluding hydrogens is 298 g/mol. The number of esters is 1. The summed E-state index contributed by atoms with van der Waals surface area (Å²) in [5.74, 6) is 0.954. The molecule has 0 saturated carbocycles. The predicted molar refractivity (Wildman–Crippen MR) is 82.1 cm³/mol. The molecule has 0 radical (unpaired) electrons. The van der Waals surface area contributed by atoms with Crippen molar-refractivity contribution in [1.82, 2.24) is 5.32 Å². The molecule has 2 N–H and O–H groups in total. The Hall–Kier alpha value is -1.18. The minimum Gasteiger partial charge on any atom is -0.426 e. The molecule has 0 bridgehead atoms. The molecule has 0 saturated heterocycles. The normalized spacial score (nSPS) is 10.1. The molecule has 7 heteroatoms. The standard InChI is InChI=1S/C13H17NO4S2/c1-10(16)18-12-5-3-2-4-11(12)13(17)14-6-8-19-20-9-7-15/h2-5,15H,6-9H2,1H3,(H,14,17). The summed E-state index contributed by atoms with van der Waals surface area (Å²) in [6.45, 7) is 1.96. The second kappa shape index (κ2) is 9.68. The summed E-state index contributed by atoms with van der Waals surface area (Å²) in [6, 6.07) is 6.62. The molecule has 5 nitrogen and oxygen atoms in total. The van der Waals surface area contributed by atoms with Crippen LogP contribution in [0.3, 0.4) is 0 Å². The van der Waals surface area contributed by atoms with Gasteiger partial charge in [-0.15, -0.1) is 0 Å². The summed E-state index contributed by atoms with van der Waals surface area (Å²) < 4.78 is 4.99. The molecule has 0 unspecified atom stereocenters. The van der Waals surface area contributed by atoms with Crippen LogP contribution in [0.4, 0.5) is 0 Å². The molecule has 1 aromatic rings. The highest BCUT2D eigenvalue weighted by molar-refractivity contribution is 8.76. The molecule has 20 heavy (non-hydrogen) atoms. The van der Waals surface area contributed by atoms with Gasteiger partial charge in [-0.3, -0.25) is 9.59 Å². The van der Waals surface area contributed by atoms with Gasteiger partial charge in [0.05, 0.1) is 12.2 Å². The topological polar surface area (TPSA) is 75.6 Å². The molecule has 0 aliphatic rings. The highest BCUT2D eigenvalue weighted by Gasteiger charge is 2.12. The summed E-state index contributed by atoms with van der Waals surface area (Å²) >= 11 is 0. The van der Waals surface area contributed by atoms with Crippen LogP contribution in [0, 0.1) is 0 Å². The Morgan fingerprint density at radius 3 is 2.65 bits per heavy atom. The molecule has 0 aliphatic heterocycles. The van der Waals surface area contributed by atoms with Crippen LogP contribution in [0.15, 0.2) is 24.3 Å². The van der Waals surface area contributed by atoms with Crippen molar-refractivity contribution >= 4 is 33.5 Å². The van der Waals surface area contributed by atoms with Gasteiger partial charge in [0.1, 0.15) is 5.75 Å². The first-order chi connectivity index (χ1) is 9.65. The smallest absolute Gasteiger partial charge is 0.308 e. The van der Waals surface area contributed by atoms with E-state index in [0.29, 0.717) is 17.9 Å². The number of aliphatic hydroxyl groups excluding tert-OH is 1. The maximum absolute atomic E-state index is 12.0. The van der Waals surface area contributed by atoms with Crippen molar-refractivity contribution in [2.24, 2.45) is 0 Å². The number of rotatable bonds is 8. The van der Waals surface area contributed by atoms with E-state index in [-0.39, 0.29) is 18.3 Å². The third-order valence-corrected chi connectivity index (χ3v) is 4.50. The Morgan fingerprint density at radius 2 is 1.95 bits per heavy atom. The summed E-state index contributed by atoms with van der Waals surface area (Å²) in [7, 11) is 3.14. The van der Waals surface area contributed by atoms with Crippen LogP contribution in [-0.4, -0.2) is 41.6 Å². The SMILES string of the molecule is CC(=O)Oc1ccccc1C(=O)NCCSSCCO. The number of para-hydroxylation sites is 1. The molecule has 0 aromatic heterocycles. The van der Waals surface area contributed by atoms with E-state index in [1.165, 1.54) is 6.92 Å². The molecule has 0 spiro atoms. The molecular formula is C13H17NO4S2. The fourth-order valence-electron chi connectivity index (χ4n) is 1.35. The number of hydrogen-bond donors (Lipinski definition) is 2. The minimum absolute atomic E-state index is 0.153. The van der Waals surface area contributed by atoms with Crippen molar-refractivity contribution in [3.8, 4) is 5.75 Å². The first-order valence-electron chi connectivity index (χ1n) is 6.06. The molecule has 1 amide bonds. The lowest BCUT2D eigenvalue weighted by molar-refractivity contribution is -0.131. The van der Waals surface area contributed by atoms with Gasteiger partial charge in [-0.1, -0.05) is 33.7 Å². The average molecular weight is 315 g/mol. The first-order valence-corrected chi connectivity index (χ1v) is 8.55. The third-order valence-electron chi connectivity index (χ3n) is 2.11. The van der Waals surface area contributed by atoms with Crippen LogP contribution in [-0.2, 0) is 4.79 Å². The molecule has 1 rings (SSSR count). The predicted octanol–water partition coefficient (Wildman–Crippen LogP) is 1.72. The van der Waals surface area contributed by atoms with Crippen molar-refractivity contribution in [3.05, 3.63) is 29.8 Å². The molecule has 0 fully saturated rings. The first kappa shape index (κ1) is 16.9. The fourth-order valence-corrected chi connectivity index (χ4v) is 3.03. The van der Waals surface area contributed by atoms with Crippen molar-refractivity contribution < 1.29 is 19.4 Å². The van der Waals surface area contributed by atoms with Crippen LogP contribution in [0.1, 0.15) is 17.3 Å². The van der Waals surface area contributed by atoms with Gasteiger partial charge in [0.2, 0.25) is 0 Å². The molecule has 0 atom stereocenters. The van der Waals surface area contributed by atoms with Crippen LogP contribution in [0.25, 0.3) is 0 Å². The van der Waals surface area contributed by atoms with Crippen molar-refractivity contribution in [2.45, 2.75) is 6.92 Å². The number of ether oxygens (including phenoxy) is 1. The van der Waals surface area contributed by atoms with Crippen LogP contribution in [0.5, 0.6) is 5.75 Å². The van der Waals surface area contributed by atoms with E-state index in [0.717, 1.165) is 5.75 Å². The van der Waals surface area contributed by atoms with Crippen molar-refractivity contribution in [3.63, 3.8) is 0 Å². The Labute approximate surface area is 125 Å². The van der Waals surface area contributed by atoms with E-state index in [1.54, 1.807) is 45.9 Å². The van der Waals surface area contributed by atoms with Crippen molar-refractivity contribution in [1.29, 1.82) is 0 Å². The van der Waals surface area contributed by atoms with E-state index in [2.05, 4.69) is 5.32 Å². The van der Waals surface area contributed by atoms with Gasteiger partial charge in [0, 0.05) is 25.0 Å². The molecule has 0 heterocycles. The number of benzene rings is 1. The minimum atomic E-state index is -0.457. The van der Waals surface area contributed by atoms with E-state index in [4.69, 9.17) is 9.84 Å². The van der Waals surface area contributed by atoms with Gasteiger partial charge in [-0.25, -0.2) is 0 Å². The zero-order valence-electron chi connectivity index (χ0n) is 11.1. The Bertz CT molecular complexity index is 454. The zero-order chi connectivity index (χ0) is 14.8. The lowest BCUT2D eigenvalue weighted by atomic mass is 10.2. The number of aliphatic hydroxyl groups is 1. The second-order valence-corrected chi connectivity index (χ2v) is 6.42. The monoisotopic (exact) mass is 315 g/mol. The Balaban J connectivity index is 2.45. The van der Waals surface area contributed by atoms with E-state index >= 15 is 0 Å². The van der Waals surface area contributed by atoms with Gasteiger partial charge in [0.15, 0.2) is 0 Å². The van der Waals surface area contributed by atoms with Crippen LogP contribution >= 0.6 is 21.6 Å². The highest BCUT2D eigenvalue weighted by Crippen LogP contribution is 2.20. The average Bonchev–Trinajstić information content (AvgIpc) is 2.42.